The van der Waals surface area contributed by atoms with E-state index in [0.29, 0.717) is 0 Å². The molecular formula is C16H19FN2. The Balaban J connectivity index is 2.30. The van der Waals surface area contributed by atoms with Gasteiger partial charge < -0.3 is 5.32 Å². The van der Waals surface area contributed by atoms with E-state index in [1.54, 1.807) is 12.3 Å². The van der Waals surface area contributed by atoms with E-state index in [4.69, 9.17) is 0 Å². The topological polar surface area (TPSA) is 24.9 Å². The summed E-state index contributed by atoms with van der Waals surface area (Å²) in [5, 5.41) is 3.26. The number of hydrogen-bond acceptors (Lipinski definition) is 2. The Labute approximate surface area is 113 Å². The first-order valence-electron chi connectivity index (χ1n) is 6.45. The minimum absolute atomic E-state index is 0.0734. The third-order valence-electron chi connectivity index (χ3n) is 3.48. The van der Waals surface area contributed by atoms with Crippen molar-refractivity contribution in [3.05, 3.63) is 64.7 Å². The van der Waals surface area contributed by atoms with E-state index in [1.165, 1.54) is 6.07 Å². The summed E-state index contributed by atoms with van der Waals surface area (Å²) >= 11 is 0. The zero-order chi connectivity index (χ0) is 13.8. The van der Waals surface area contributed by atoms with Crippen molar-refractivity contribution in [1.82, 2.24) is 10.3 Å². The van der Waals surface area contributed by atoms with E-state index in [9.17, 15) is 4.39 Å². The first kappa shape index (κ1) is 13.7. The zero-order valence-electron chi connectivity index (χ0n) is 11.6. The molecule has 0 saturated heterocycles. The molecule has 2 aromatic rings. The third kappa shape index (κ3) is 3.18. The molecule has 100 valence electrons. The van der Waals surface area contributed by atoms with Gasteiger partial charge in [0, 0.05) is 24.4 Å². The maximum absolute atomic E-state index is 13.4. The number of likely N-dealkylation sites (N-methyl/N-ethyl adjacent to an activating group) is 1. The molecular weight excluding hydrogens is 239 g/mol. The molecule has 0 aliphatic heterocycles. The van der Waals surface area contributed by atoms with Gasteiger partial charge in [-0.15, -0.1) is 0 Å². The monoisotopic (exact) mass is 258 g/mol. The summed E-state index contributed by atoms with van der Waals surface area (Å²) in [5.41, 5.74) is 4.30. The number of nitrogens with one attached hydrogen (secondary N) is 1. The molecule has 2 rings (SSSR count). The highest BCUT2D eigenvalue weighted by atomic mass is 19.1. The lowest BCUT2D eigenvalue weighted by Gasteiger charge is -2.19. The van der Waals surface area contributed by atoms with Gasteiger partial charge in [-0.1, -0.05) is 12.1 Å². The number of aromatic nitrogens is 1. The maximum atomic E-state index is 13.4. The lowest BCUT2D eigenvalue weighted by atomic mass is 9.96. The highest BCUT2D eigenvalue weighted by molar-refractivity contribution is 5.31. The zero-order valence-corrected chi connectivity index (χ0v) is 11.6. The normalized spacial score (nSPS) is 12.4. The van der Waals surface area contributed by atoms with Crippen molar-refractivity contribution < 1.29 is 4.39 Å². The summed E-state index contributed by atoms with van der Waals surface area (Å²) in [7, 11) is 1.90. The molecule has 19 heavy (non-hydrogen) atoms. The number of pyridine rings is 1. The molecule has 2 nitrogen and oxygen atoms in total. The molecule has 1 heterocycles. The number of hydrogen-bond donors (Lipinski definition) is 1. The summed E-state index contributed by atoms with van der Waals surface area (Å²) in [5.74, 6) is -0.196. The van der Waals surface area contributed by atoms with Crippen LogP contribution in [-0.4, -0.2) is 12.0 Å². The van der Waals surface area contributed by atoms with Crippen LogP contribution in [0.4, 0.5) is 4.39 Å². The van der Waals surface area contributed by atoms with Gasteiger partial charge >= 0.3 is 0 Å². The van der Waals surface area contributed by atoms with E-state index in [0.717, 1.165) is 28.8 Å². The lowest BCUT2D eigenvalue weighted by Crippen LogP contribution is -2.21. The van der Waals surface area contributed by atoms with Gasteiger partial charge in [0.05, 0.1) is 0 Å². The van der Waals surface area contributed by atoms with Gasteiger partial charge in [0.25, 0.3) is 0 Å². The van der Waals surface area contributed by atoms with Gasteiger partial charge in [-0.3, -0.25) is 4.98 Å². The van der Waals surface area contributed by atoms with Gasteiger partial charge in [0.1, 0.15) is 5.82 Å². The SMILES string of the molecule is CNC(Cc1ncccc1C)c1cc(F)ccc1C. The fourth-order valence-corrected chi connectivity index (χ4v) is 2.28. The largest absolute Gasteiger partial charge is 0.313 e. The first-order valence-corrected chi connectivity index (χ1v) is 6.45. The quantitative estimate of drug-likeness (QED) is 0.909. The molecule has 1 aromatic heterocycles. The molecule has 0 bridgehead atoms. The van der Waals surface area contributed by atoms with Crippen molar-refractivity contribution in [3.63, 3.8) is 0 Å². The van der Waals surface area contributed by atoms with E-state index in [2.05, 4.69) is 10.3 Å². The Bertz CT molecular complexity index is 566. The maximum Gasteiger partial charge on any atom is 0.123 e. The van der Waals surface area contributed by atoms with Gasteiger partial charge in [0.2, 0.25) is 0 Å². The summed E-state index contributed by atoms with van der Waals surface area (Å²) in [6, 6.07) is 8.98. The molecule has 3 heteroatoms. The lowest BCUT2D eigenvalue weighted by molar-refractivity contribution is 0.567. The van der Waals surface area contributed by atoms with Crippen LogP contribution in [0.2, 0.25) is 0 Å². The minimum Gasteiger partial charge on any atom is -0.313 e. The van der Waals surface area contributed by atoms with E-state index in [1.807, 2.05) is 39.1 Å². The molecule has 1 N–H and O–H groups in total. The van der Waals surface area contributed by atoms with Crippen LogP contribution in [0, 0.1) is 19.7 Å². The van der Waals surface area contributed by atoms with Crippen molar-refractivity contribution in [2.45, 2.75) is 26.3 Å². The van der Waals surface area contributed by atoms with Crippen LogP contribution in [0.3, 0.4) is 0 Å². The van der Waals surface area contributed by atoms with Gasteiger partial charge in [0.15, 0.2) is 0 Å². The summed E-state index contributed by atoms with van der Waals surface area (Å²) in [6.45, 7) is 4.05. The molecule has 0 amide bonds. The fraction of sp³-hybridized carbons (Fsp3) is 0.312. The van der Waals surface area contributed by atoms with Crippen molar-refractivity contribution in [1.29, 1.82) is 0 Å². The van der Waals surface area contributed by atoms with Gasteiger partial charge in [-0.05, 0) is 55.8 Å². The summed E-state index contributed by atoms with van der Waals surface area (Å²) in [6.07, 6.45) is 2.56. The molecule has 0 fully saturated rings. The van der Waals surface area contributed by atoms with Crippen molar-refractivity contribution >= 4 is 0 Å². The molecule has 0 saturated carbocycles. The Morgan fingerprint density at radius 1 is 1.21 bits per heavy atom. The van der Waals surface area contributed by atoms with Gasteiger partial charge in [-0.2, -0.15) is 0 Å². The predicted octanol–water partition coefficient (Wildman–Crippen LogP) is 3.34. The van der Waals surface area contributed by atoms with Crippen LogP contribution in [0.15, 0.2) is 36.5 Å². The molecule has 0 spiro atoms. The third-order valence-corrected chi connectivity index (χ3v) is 3.48. The van der Waals surface area contributed by atoms with Crippen LogP contribution in [0.25, 0.3) is 0 Å². The molecule has 0 aliphatic rings. The molecule has 0 radical (unpaired) electrons. The molecule has 0 aliphatic carbocycles. The van der Waals surface area contributed by atoms with Crippen LogP contribution in [0.5, 0.6) is 0 Å². The average Bonchev–Trinajstić information content (AvgIpc) is 2.41. The predicted molar refractivity (Wildman–Crippen MR) is 75.6 cm³/mol. The second-order valence-electron chi connectivity index (χ2n) is 4.81. The van der Waals surface area contributed by atoms with E-state index < -0.39 is 0 Å². The fourth-order valence-electron chi connectivity index (χ4n) is 2.28. The second-order valence-corrected chi connectivity index (χ2v) is 4.81. The number of aryl methyl sites for hydroxylation is 2. The number of benzene rings is 1. The van der Waals surface area contributed by atoms with Crippen molar-refractivity contribution in [2.75, 3.05) is 7.05 Å². The number of nitrogens with zero attached hydrogens (tertiary/aromatic N) is 1. The summed E-state index contributed by atoms with van der Waals surface area (Å²) in [4.78, 5) is 4.41. The Morgan fingerprint density at radius 3 is 2.68 bits per heavy atom. The highest BCUT2D eigenvalue weighted by Gasteiger charge is 2.15. The molecule has 1 atom stereocenters. The van der Waals surface area contributed by atoms with Gasteiger partial charge in [-0.25, -0.2) is 4.39 Å². The molecule has 1 unspecified atom stereocenters. The Kier molecular flexibility index (Phi) is 4.27. The van der Waals surface area contributed by atoms with Crippen LogP contribution < -0.4 is 5.32 Å². The Morgan fingerprint density at radius 2 is 2.00 bits per heavy atom. The summed E-state index contributed by atoms with van der Waals surface area (Å²) < 4.78 is 13.4. The molecule has 1 aromatic carbocycles. The number of halogens is 1. The van der Waals surface area contributed by atoms with E-state index >= 15 is 0 Å². The second kappa shape index (κ2) is 5.93. The van der Waals surface area contributed by atoms with Crippen LogP contribution in [-0.2, 0) is 6.42 Å². The standard InChI is InChI=1S/C16H19FN2/c1-11-6-7-13(17)9-14(11)16(18-3)10-15-12(2)5-4-8-19-15/h4-9,16,18H,10H2,1-3H3. The van der Waals surface area contributed by atoms with Crippen LogP contribution in [0.1, 0.15) is 28.4 Å². The van der Waals surface area contributed by atoms with Crippen molar-refractivity contribution in [2.24, 2.45) is 0 Å². The average molecular weight is 258 g/mol. The van der Waals surface area contributed by atoms with E-state index in [-0.39, 0.29) is 11.9 Å². The minimum atomic E-state index is -0.196. The number of rotatable bonds is 4. The first-order chi connectivity index (χ1) is 9.11. The van der Waals surface area contributed by atoms with Crippen molar-refractivity contribution in [3.8, 4) is 0 Å². The smallest absolute Gasteiger partial charge is 0.123 e. The Hall–Kier alpha value is -1.74. The van der Waals surface area contributed by atoms with Crippen LogP contribution >= 0.6 is 0 Å². The highest BCUT2D eigenvalue weighted by Crippen LogP contribution is 2.22.